The normalized spacial score (nSPS) is 30.2. The molecule has 1 spiro atoms. The van der Waals surface area contributed by atoms with E-state index < -0.39 is 5.79 Å². The summed E-state index contributed by atoms with van der Waals surface area (Å²) in [5.41, 5.74) is 0. The summed E-state index contributed by atoms with van der Waals surface area (Å²) in [6.07, 6.45) is 18.7. The minimum absolute atomic E-state index is 0.207. The molecule has 2 saturated heterocycles. The minimum Gasteiger partial charge on any atom is -0.396 e. The number of aliphatic hydroxyl groups excluding tert-OH is 2. The Balaban J connectivity index is 1.89. The maximum Gasteiger partial charge on any atom is 0.169 e. The van der Waals surface area contributed by atoms with Crippen molar-refractivity contribution in [2.75, 3.05) is 6.61 Å². The molecular formula is C35H66O5. The van der Waals surface area contributed by atoms with Gasteiger partial charge in [0.05, 0.1) is 18.3 Å². The zero-order chi connectivity index (χ0) is 29.5. The van der Waals surface area contributed by atoms with E-state index in [-0.39, 0.29) is 30.8 Å². The minimum atomic E-state index is -0.409. The van der Waals surface area contributed by atoms with Crippen molar-refractivity contribution in [1.29, 1.82) is 0 Å². The maximum atomic E-state index is 11.8. The number of aliphatic hydroxyl groups is 2. The first kappa shape index (κ1) is 35.7. The lowest BCUT2D eigenvalue weighted by Crippen LogP contribution is -2.52. The number of carbonyl (C=O) groups is 1. The van der Waals surface area contributed by atoms with E-state index in [9.17, 15) is 9.90 Å². The van der Waals surface area contributed by atoms with Gasteiger partial charge in [0, 0.05) is 32.3 Å². The number of Topliss-reactive ketones (excluding diaryl/α,β-unsaturated/α-hetero) is 1. The molecule has 0 radical (unpaired) electrons. The van der Waals surface area contributed by atoms with E-state index in [1.165, 1.54) is 32.1 Å². The zero-order valence-electron chi connectivity index (χ0n) is 27.2. The molecule has 9 atom stereocenters. The number of hydrogen-bond acceptors (Lipinski definition) is 5. The monoisotopic (exact) mass is 566 g/mol. The first-order valence-electron chi connectivity index (χ1n) is 17.3. The second-order valence-electron chi connectivity index (χ2n) is 14.0. The first-order valence-corrected chi connectivity index (χ1v) is 17.3. The number of ether oxygens (including phenoxy) is 2. The molecule has 2 aliphatic heterocycles. The molecule has 2 aliphatic rings. The number of carbonyl (C=O) groups excluding carboxylic acids is 1. The van der Waals surface area contributed by atoms with Gasteiger partial charge in [-0.15, -0.1) is 0 Å². The Bertz CT molecular complexity index is 683. The highest BCUT2D eigenvalue weighted by Crippen LogP contribution is 2.46. The predicted octanol–water partition coefficient (Wildman–Crippen LogP) is 8.62. The van der Waals surface area contributed by atoms with Gasteiger partial charge in [-0.25, -0.2) is 0 Å². The molecule has 2 heterocycles. The SMILES string of the molecule is CCCCC1CCC2(CCC(C)C(CCC(C)CCC(O)C(C)CCCO)O2)OC1CCC(C)CCC(=O)CC. The number of hydrogen-bond donors (Lipinski definition) is 2. The van der Waals surface area contributed by atoms with Crippen molar-refractivity contribution in [1.82, 2.24) is 0 Å². The van der Waals surface area contributed by atoms with Crippen LogP contribution in [0, 0.1) is 29.6 Å². The van der Waals surface area contributed by atoms with Gasteiger partial charge in [0.15, 0.2) is 5.79 Å². The number of ketones is 1. The van der Waals surface area contributed by atoms with Crippen LogP contribution in [0.4, 0.5) is 0 Å². The van der Waals surface area contributed by atoms with Crippen LogP contribution in [0.2, 0.25) is 0 Å². The van der Waals surface area contributed by atoms with Gasteiger partial charge in [-0.3, -0.25) is 4.79 Å². The van der Waals surface area contributed by atoms with Crippen molar-refractivity contribution in [2.45, 2.75) is 181 Å². The fourth-order valence-electron chi connectivity index (χ4n) is 6.93. The summed E-state index contributed by atoms with van der Waals surface area (Å²) in [6.45, 7) is 13.5. The van der Waals surface area contributed by atoms with Crippen molar-refractivity contribution in [3.63, 3.8) is 0 Å². The Hall–Kier alpha value is -0.490. The lowest BCUT2D eigenvalue weighted by atomic mass is 9.79. The molecule has 2 fully saturated rings. The quantitative estimate of drug-likeness (QED) is 0.154. The zero-order valence-corrected chi connectivity index (χ0v) is 27.2. The van der Waals surface area contributed by atoms with Crippen LogP contribution in [0.5, 0.6) is 0 Å². The maximum absolute atomic E-state index is 11.8. The van der Waals surface area contributed by atoms with Crippen molar-refractivity contribution < 1.29 is 24.5 Å². The summed E-state index contributed by atoms with van der Waals surface area (Å²) in [4.78, 5) is 11.8. The van der Waals surface area contributed by atoms with E-state index in [1.54, 1.807) is 0 Å². The van der Waals surface area contributed by atoms with Gasteiger partial charge in [0.2, 0.25) is 0 Å². The molecule has 9 unspecified atom stereocenters. The fourth-order valence-corrected chi connectivity index (χ4v) is 6.93. The van der Waals surface area contributed by atoms with Crippen molar-refractivity contribution >= 4 is 5.78 Å². The standard InChI is InChI=1S/C35H66O5/c1-7-9-12-30-22-24-35(40-34(30)20-16-26(3)13-17-31(37)8-2)23-21-29(6)33(39-35)19-15-27(4)14-18-32(38)28(5)11-10-25-36/h26-30,32-34,36,38H,7-25H2,1-6H3. The second-order valence-corrected chi connectivity index (χ2v) is 14.0. The average molecular weight is 567 g/mol. The molecule has 0 aromatic rings. The van der Waals surface area contributed by atoms with Crippen LogP contribution in [0.25, 0.3) is 0 Å². The van der Waals surface area contributed by atoms with E-state index in [0.29, 0.717) is 35.9 Å². The third-order valence-electron chi connectivity index (χ3n) is 10.3. The molecule has 0 aliphatic carbocycles. The molecule has 236 valence electrons. The molecule has 0 aromatic heterocycles. The van der Waals surface area contributed by atoms with Crippen LogP contribution in [0.15, 0.2) is 0 Å². The summed E-state index contributed by atoms with van der Waals surface area (Å²) in [5, 5.41) is 19.6. The van der Waals surface area contributed by atoms with Gasteiger partial charge in [0.1, 0.15) is 5.78 Å². The largest absolute Gasteiger partial charge is 0.396 e. The highest BCUT2D eigenvalue weighted by Gasteiger charge is 2.47. The Labute approximate surface area is 247 Å². The highest BCUT2D eigenvalue weighted by atomic mass is 16.7. The predicted molar refractivity (Wildman–Crippen MR) is 165 cm³/mol. The molecule has 2 N–H and O–H groups in total. The van der Waals surface area contributed by atoms with Gasteiger partial charge < -0.3 is 19.7 Å². The van der Waals surface area contributed by atoms with E-state index in [1.807, 2.05) is 6.92 Å². The molecule has 0 bridgehead atoms. The molecule has 5 heteroatoms. The van der Waals surface area contributed by atoms with Crippen LogP contribution in [0.1, 0.15) is 157 Å². The van der Waals surface area contributed by atoms with E-state index in [0.717, 1.165) is 77.0 Å². The average Bonchev–Trinajstić information content (AvgIpc) is 2.96. The number of unbranched alkanes of at least 4 members (excludes halogenated alkanes) is 1. The smallest absolute Gasteiger partial charge is 0.169 e. The van der Waals surface area contributed by atoms with E-state index in [2.05, 4.69) is 34.6 Å². The topological polar surface area (TPSA) is 76.0 Å². The van der Waals surface area contributed by atoms with Gasteiger partial charge in [0.25, 0.3) is 0 Å². The van der Waals surface area contributed by atoms with Gasteiger partial charge in [-0.1, -0.05) is 54.4 Å². The van der Waals surface area contributed by atoms with Crippen molar-refractivity contribution in [2.24, 2.45) is 29.6 Å². The van der Waals surface area contributed by atoms with Crippen molar-refractivity contribution in [3.05, 3.63) is 0 Å². The molecule has 5 nitrogen and oxygen atoms in total. The Morgan fingerprint density at radius 1 is 0.850 bits per heavy atom. The summed E-state index contributed by atoms with van der Waals surface area (Å²) >= 11 is 0. The first-order chi connectivity index (χ1) is 19.1. The lowest BCUT2D eigenvalue weighted by molar-refractivity contribution is -0.334. The van der Waals surface area contributed by atoms with Gasteiger partial charge >= 0.3 is 0 Å². The summed E-state index contributed by atoms with van der Waals surface area (Å²) in [7, 11) is 0. The molecule has 0 saturated carbocycles. The second kappa shape index (κ2) is 18.9. The molecule has 0 aromatic carbocycles. The van der Waals surface area contributed by atoms with Gasteiger partial charge in [-0.05, 0) is 107 Å². The van der Waals surface area contributed by atoms with Gasteiger partial charge in [-0.2, -0.15) is 0 Å². The van der Waals surface area contributed by atoms with Crippen LogP contribution >= 0.6 is 0 Å². The lowest BCUT2D eigenvalue weighted by Gasteiger charge is -2.50. The van der Waals surface area contributed by atoms with Crippen molar-refractivity contribution in [3.8, 4) is 0 Å². The summed E-state index contributed by atoms with van der Waals surface area (Å²) in [6, 6.07) is 0. The van der Waals surface area contributed by atoms with E-state index >= 15 is 0 Å². The third-order valence-corrected chi connectivity index (χ3v) is 10.3. The van der Waals surface area contributed by atoms with Crippen LogP contribution < -0.4 is 0 Å². The molecule has 40 heavy (non-hydrogen) atoms. The number of rotatable bonds is 20. The summed E-state index contributed by atoms with van der Waals surface area (Å²) < 4.78 is 13.9. The summed E-state index contributed by atoms with van der Waals surface area (Å²) in [5.74, 6) is 2.53. The highest BCUT2D eigenvalue weighted by molar-refractivity contribution is 5.77. The Kier molecular flexibility index (Phi) is 16.9. The van der Waals surface area contributed by atoms with E-state index in [4.69, 9.17) is 14.6 Å². The third kappa shape index (κ3) is 12.4. The van der Waals surface area contributed by atoms with Crippen LogP contribution in [-0.4, -0.2) is 46.7 Å². The molecule has 2 rings (SSSR count). The fraction of sp³-hybridized carbons (Fsp3) is 0.971. The Morgan fingerprint density at radius 2 is 1.50 bits per heavy atom. The van der Waals surface area contributed by atoms with Crippen LogP contribution in [0.3, 0.4) is 0 Å². The molecule has 0 amide bonds. The molecular weight excluding hydrogens is 500 g/mol. The Morgan fingerprint density at radius 3 is 2.17 bits per heavy atom. The van der Waals surface area contributed by atoms with Crippen LogP contribution in [-0.2, 0) is 14.3 Å².